The highest BCUT2D eigenvalue weighted by molar-refractivity contribution is 6.46. The van der Waals surface area contributed by atoms with Crippen LogP contribution < -0.4 is 4.74 Å². The molecule has 2 aromatic carbocycles. The van der Waals surface area contributed by atoms with Crippen molar-refractivity contribution in [1.29, 1.82) is 0 Å². The smallest absolute Gasteiger partial charge is 0.295 e. The van der Waals surface area contributed by atoms with E-state index in [0.29, 0.717) is 49.7 Å². The van der Waals surface area contributed by atoms with E-state index in [1.807, 2.05) is 6.92 Å². The number of aliphatic hydroxyl groups is 1. The molecule has 4 rings (SSSR count). The molecule has 1 amide bonds. The Morgan fingerprint density at radius 2 is 1.86 bits per heavy atom. The number of carbonyl (C=O) groups excluding carboxylic acids is 2. The summed E-state index contributed by atoms with van der Waals surface area (Å²) in [5, 5.41) is 22.7. The molecule has 0 spiro atoms. The third kappa shape index (κ3) is 5.98. The maximum atomic E-state index is 13.2. The number of rotatable bonds is 10. The van der Waals surface area contributed by atoms with Crippen LogP contribution >= 0.6 is 0 Å². The molecule has 0 radical (unpaired) electrons. The van der Waals surface area contributed by atoms with Gasteiger partial charge in [-0.05, 0) is 42.7 Å². The molecule has 2 fully saturated rings. The minimum Gasteiger partial charge on any atom is -0.507 e. The van der Waals surface area contributed by atoms with Gasteiger partial charge in [0.2, 0.25) is 0 Å². The van der Waals surface area contributed by atoms with E-state index in [-0.39, 0.29) is 23.6 Å². The van der Waals surface area contributed by atoms with Crippen LogP contribution in [0.15, 0.2) is 54.1 Å². The van der Waals surface area contributed by atoms with Crippen molar-refractivity contribution in [1.82, 2.24) is 9.80 Å². The number of nitrogens with zero attached hydrogens (tertiary/aromatic N) is 3. The van der Waals surface area contributed by atoms with Crippen molar-refractivity contribution in [3.8, 4) is 5.75 Å². The van der Waals surface area contributed by atoms with Crippen LogP contribution in [0, 0.1) is 10.1 Å². The van der Waals surface area contributed by atoms with Crippen LogP contribution in [0.2, 0.25) is 0 Å². The molecule has 2 aliphatic heterocycles. The molecule has 0 saturated carbocycles. The first kappa shape index (κ1) is 26.3. The molecule has 0 bridgehead atoms. The lowest BCUT2D eigenvalue weighted by molar-refractivity contribution is -0.384. The molecule has 1 atom stereocenters. The number of Topliss-reactive ketones (excluding diaryl/α,β-unsaturated/α-hetero) is 1. The third-order valence-corrected chi connectivity index (χ3v) is 6.51. The molecule has 37 heavy (non-hydrogen) atoms. The molecule has 0 unspecified atom stereocenters. The van der Waals surface area contributed by atoms with Crippen molar-refractivity contribution in [2.75, 3.05) is 46.0 Å². The van der Waals surface area contributed by atoms with Gasteiger partial charge in [0.25, 0.3) is 17.4 Å². The molecule has 196 valence electrons. The predicted octanol–water partition coefficient (Wildman–Crippen LogP) is 3.53. The maximum absolute atomic E-state index is 13.2. The fraction of sp³-hybridized carbons (Fsp3) is 0.407. The molecule has 10 heteroatoms. The van der Waals surface area contributed by atoms with Crippen LogP contribution in [0.3, 0.4) is 0 Å². The van der Waals surface area contributed by atoms with Gasteiger partial charge in [-0.2, -0.15) is 0 Å². The largest absolute Gasteiger partial charge is 0.507 e. The Bertz CT molecular complexity index is 1170. The van der Waals surface area contributed by atoms with Crippen LogP contribution in [-0.2, 0) is 14.3 Å². The Morgan fingerprint density at radius 3 is 2.54 bits per heavy atom. The van der Waals surface area contributed by atoms with Gasteiger partial charge in [0.15, 0.2) is 0 Å². The summed E-state index contributed by atoms with van der Waals surface area (Å²) in [4.78, 5) is 40.9. The van der Waals surface area contributed by atoms with E-state index in [9.17, 15) is 24.8 Å². The van der Waals surface area contributed by atoms with Crippen molar-refractivity contribution < 1.29 is 29.1 Å². The van der Waals surface area contributed by atoms with Gasteiger partial charge < -0.3 is 19.5 Å². The highest BCUT2D eigenvalue weighted by Crippen LogP contribution is 2.40. The van der Waals surface area contributed by atoms with E-state index in [2.05, 4.69) is 4.90 Å². The number of benzene rings is 2. The first-order chi connectivity index (χ1) is 17.9. The molecular weight excluding hydrogens is 478 g/mol. The van der Waals surface area contributed by atoms with E-state index < -0.39 is 22.7 Å². The molecule has 0 aromatic heterocycles. The van der Waals surface area contributed by atoms with Crippen molar-refractivity contribution in [2.24, 2.45) is 0 Å². The first-order valence-corrected chi connectivity index (χ1v) is 12.5. The summed E-state index contributed by atoms with van der Waals surface area (Å²) in [6.45, 7) is 6.42. The van der Waals surface area contributed by atoms with Gasteiger partial charge >= 0.3 is 0 Å². The van der Waals surface area contributed by atoms with Crippen molar-refractivity contribution in [3.05, 3.63) is 75.3 Å². The number of aliphatic hydroxyl groups excluding tert-OH is 1. The Kier molecular flexibility index (Phi) is 8.52. The lowest BCUT2D eigenvalue weighted by atomic mass is 9.95. The third-order valence-electron chi connectivity index (χ3n) is 6.51. The van der Waals surface area contributed by atoms with Crippen molar-refractivity contribution in [3.63, 3.8) is 0 Å². The Hall–Kier alpha value is -3.76. The Balaban J connectivity index is 1.67. The molecular formula is C27H31N3O7. The second kappa shape index (κ2) is 12.0. The van der Waals surface area contributed by atoms with Crippen LogP contribution in [0.1, 0.15) is 36.9 Å². The van der Waals surface area contributed by atoms with Gasteiger partial charge in [-0.25, -0.2) is 0 Å². The number of amides is 1. The molecule has 0 aliphatic carbocycles. The molecule has 1 N–H and O–H groups in total. The van der Waals surface area contributed by atoms with E-state index in [4.69, 9.17) is 9.47 Å². The average molecular weight is 510 g/mol. The normalized spacial score (nSPS) is 19.8. The fourth-order valence-corrected chi connectivity index (χ4v) is 4.64. The zero-order chi connectivity index (χ0) is 26.4. The monoisotopic (exact) mass is 509 g/mol. The summed E-state index contributed by atoms with van der Waals surface area (Å²) >= 11 is 0. The lowest BCUT2D eigenvalue weighted by Gasteiger charge is -2.29. The highest BCUT2D eigenvalue weighted by atomic mass is 16.6. The number of hydrogen-bond donors (Lipinski definition) is 1. The molecule has 2 aromatic rings. The first-order valence-electron chi connectivity index (χ1n) is 12.5. The molecule has 2 aliphatic rings. The van der Waals surface area contributed by atoms with Crippen molar-refractivity contribution >= 4 is 23.1 Å². The summed E-state index contributed by atoms with van der Waals surface area (Å²) in [6.07, 6.45) is 1.45. The van der Waals surface area contributed by atoms with Crippen molar-refractivity contribution in [2.45, 2.75) is 25.8 Å². The highest BCUT2D eigenvalue weighted by Gasteiger charge is 2.46. The maximum Gasteiger partial charge on any atom is 0.295 e. The number of morpholine rings is 1. The summed E-state index contributed by atoms with van der Waals surface area (Å²) in [5.41, 5.74) is 0.503. The van der Waals surface area contributed by atoms with Crippen LogP contribution in [-0.4, -0.2) is 77.5 Å². The van der Waals surface area contributed by atoms with Crippen LogP contribution in [0.25, 0.3) is 5.76 Å². The van der Waals surface area contributed by atoms with E-state index >= 15 is 0 Å². The van der Waals surface area contributed by atoms with E-state index in [0.717, 1.165) is 19.5 Å². The minimum atomic E-state index is -0.944. The lowest BCUT2D eigenvalue weighted by Crippen LogP contribution is -2.39. The van der Waals surface area contributed by atoms with E-state index in [1.54, 1.807) is 30.3 Å². The Morgan fingerprint density at radius 1 is 1.14 bits per heavy atom. The summed E-state index contributed by atoms with van der Waals surface area (Å²) in [7, 11) is 0. The second-order valence-electron chi connectivity index (χ2n) is 9.02. The minimum absolute atomic E-state index is 0.0842. The number of ketones is 1. The Labute approximate surface area is 215 Å². The van der Waals surface area contributed by atoms with Gasteiger partial charge in [0.1, 0.15) is 11.5 Å². The quantitative estimate of drug-likeness (QED) is 0.170. The second-order valence-corrected chi connectivity index (χ2v) is 9.02. The number of ether oxygens (including phenoxy) is 2. The number of non-ortho nitro benzene ring substituents is 1. The van der Waals surface area contributed by atoms with Gasteiger partial charge in [0.05, 0.1) is 36.4 Å². The SMILES string of the molecule is CCCOc1ccc(/C(O)=C2\C(=O)C(=O)N(CCCN3CCOCC3)[C@H]2c2cccc([N+](=O)[O-])c2)cc1. The fourth-order valence-electron chi connectivity index (χ4n) is 4.64. The van der Waals surface area contributed by atoms with Crippen LogP contribution in [0.4, 0.5) is 5.69 Å². The average Bonchev–Trinajstić information content (AvgIpc) is 3.17. The number of hydrogen-bond acceptors (Lipinski definition) is 8. The standard InChI is InChI=1S/C27H31N3O7/c1-2-15-37-22-9-7-19(8-10-22)25(31)23-24(20-5-3-6-21(18-20)30(34)35)29(27(33)26(23)32)12-4-11-28-13-16-36-17-14-28/h3,5-10,18,24,31H,2,4,11-17H2,1H3/b25-23+/t24-/m0/s1. The molecule has 2 heterocycles. The topological polar surface area (TPSA) is 122 Å². The van der Waals surface area contributed by atoms with Gasteiger partial charge in [-0.3, -0.25) is 24.6 Å². The number of nitro benzene ring substituents is 1. The summed E-state index contributed by atoms with van der Waals surface area (Å²) in [6, 6.07) is 11.5. The number of carbonyl (C=O) groups is 2. The summed E-state index contributed by atoms with van der Waals surface area (Å²) < 4.78 is 11.0. The molecule has 10 nitrogen and oxygen atoms in total. The zero-order valence-electron chi connectivity index (χ0n) is 20.8. The molecule has 2 saturated heterocycles. The van der Waals surface area contributed by atoms with Gasteiger partial charge in [-0.1, -0.05) is 19.1 Å². The summed E-state index contributed by atoms with van der Waals surface area (Å²) in [5.74, 6) is -1.25. The zero-order valence-corrected chi connectivity index (χ0v) is 20.8. The van der Waals surface area contributed by atoms with Crippen LogP contribution in [0.5, 0.6) is 5.75 Å². The number of nitro groups is 1. The van der Waals surface area contributed by atoms with Gasteiger partial charge in [0, 0.05) is 43.9 Å². The van der Waals surface area contributed by atoms with Gasteiger partial charge in [-0.15, -0.1) is 0 Å². The predicted molar refractivity (Wildman–Crippen MR) is 136 cm³/mol. The number of likely N-dealkylation sites (tertiary alicyclic amines) is 1. The van der Waals surface area contributed by atoms with E-state index in [1.165, 1.54) is 23.1 Å².